The van der Waals surface area contributed by atoms with Crippen LogP contribution in [0.2, 0.25) is 0 Å². The molecule has 0 aliphatic rings. The summed E-state index contributed by atoms with van der Waals surface area (Å²) in [5.41, 5.74) is 0.308. The molecule has 5 nitrogen and oxygen atoms in total. The van der Waals surface area contributed by atoms with E-state index in [-0.39, 0.29) is 27.8 Å². The molecule has 0 aliphatic heterocycles. The van der Waals surface area contributed by atoms with Gasteiger partial charge in [0.05, 0.1) is 0 Å². The number of para-hydroxylation sites is 1. The van der Waals surface area contributed by atoms with Gasteiger partial charge in [0.2, 0.25) is 5.01 Å². The van der Waals surface area contributed by atoms with Crippen LogP contribution in [0.3, 0.4) is 0 Å². The molecular formula is C11H7F3N2O3S. The third kappa shape index (κ3) is 2.87. The monoisotopic (exact) mass is 304 g/mol. The first-order valence-electron chi connectivity index (χ1n) is 5.20. The van der Waals surface area contributed by atoms with Crippen LogP contribution in [0.15, 0.2) is 18.2 Å². The highest BCUT2D eigenvalue weighted by Crippen LogP contribution is 2.36. The Labute approximate surface area is 114 Å². The third-order valence-electron chi connectivity index (χ3n) is 2.28. The zero-order valence-electron chi connectivity index (χ0n) is 9.93. The number of carboxylic acid groups (broad SMARTS) is 1. The number of carbonyl (C=O) groups is 1. The van der Waals surface area contributed by atoms with E-state index in [0.29, 0.717) is 5.56 Å². The maximum Gasteiger partial charge on any atom is 0.445 e. The van der Waals surface area contributed by atoms with Crippen LogP contribution >= 0.6 is 11.3 Å². The van der Waals surface area contributed by atoms with Crippen molar-refractivity contribution in [2.45, 2.75) is 13.1 Å². The predicted molar refractivity (Wildman–Crippen MR) is 63.1 cm³/mol. The Morgan fingerprint density at radius 1 is 1.35 bits per heavy atom. The highest BCUT2D eigenvalue weighted by atomic mass is 32.1. The van der Waals surface area contributed by atoms with Gasteiger partial charge in [0.15, 0.2) is 0 Å². The van der Waals surface area contributed by atoms with Gasteiger partial charge in [-0.25, -0.2) is 4.79 Å². The molecule has 0 unspecified atom stereocenters. The molecule has 1 heterocycles. The van der Waals surface area contributed by atoms with Gasteiger partial charge in [-0.3, -0.25) is 0 Å². The maximum atomic E-state index is 12.4. The summed E-state index contributed by atoms with van der Waals surface area (Å²) < 4.78 is 42.3. The number of alkyl halides is 3. The maximum absolute atomic E-state index is 12.4. The molecule has 0 saturated carbocycles. The fraction of sp³-hybridized carbons (Fsp3) is 0.182. The predicted octanol–water partition coefficient (Wildman–Crippen LogP) is 3.36. The Kier molecular flexibility index (Phi) is 3.62. The fourth-order valence-corrected chi connectivity index (χ4v) is 1.98. The van der Waals surface area contributed by atoms with Crippen LogP contribution < -0.4 is 4.74 Å². The molecule has 0 bridgehead atoms. The van der Waals surface area contributed by atoms with Gasteiger partial charge in [0, 0.05) is 0 Å². The molecule has 1 N–H and O–H groups in total. The number of aromatic carboxylic acids is 1. The summed E-state index contributed by atoms with van der Waals surface area (Å²) in [7, 11) is 0. The number of carboxylic acids is 1. The minimum atomic E-state index is -4.61. The van der Waals surface area contributed by atoms with Crippen molar-refractivity contribution in [1.29, 1.82) is 0 Å². The van der Waals surface area contributed by atoms with Crippen LogP contribution in [0.4, 0.5) is 13.2 Å². The second-order valence-electron chi connectivity index (χ2n) is 3.73. The molecular weight excluding hydrogens is 297 g/mol. The zero-order valence-corrected chi connectivity index (χ0v) is 10.7. The molecule has 1 aromatic heterocycles. The first-order chi connectivity index (χ1) is 9.29. The van der Waals surface area contributed by atoms with Gasteiger partial charge in [-0.05, 0) is 18.6 Å². The van der Waals surface area contributed by atoms with Gasteiger partial charge >= 0.3 is 12.1 Å². The summed E-state index contributed by atoms with van der Waals surface area (Å²) in [5, 5.41) is 13.7. The molecule has 0 amide bonds. The van der Waals surface area contributed by atoms with Crippen LogP contribution in [-0.4, -0.2) is 21.3 Å². The molecule has 2 rings (SSSR count). The van der Waals surface area contributed by atoms with Crippen LogP contribution in [-0.2, 0) is 6.18 Å². The smallest absolute Gasteiger partial charge is 0.445 e. The quantitative estimate of drug-likeness (QED) is 0.941. The number of hydrogen-bond acceptors (Lipinski definition) is 5. The van der Waals surface area contributed by atoms with Gasteiger partial charge in [-0.1, -0.05) is 28.6 Å². The van der Waals surface area contributed by atoms with Crippen molar-refractivity contribution in [3.63, 3.8) is 0 Å². The Morgan fingerprint density at radius 3 is 2.60 bits per heavy atom. The molecule has 20 heavy (non-hydrogen) atoms. The largest absolute Gasteiger partial charge is 0.478 e. The summed E-state index contributed by atoms with van der Waals surface area (Å²) >= 11 is 0.201. The van der Waals surface area contributed by atoms with E-state index < -0.39 is 17.2 Å². The normalized spacial score (nSPS) is 11.4. The minimum absolute atomic E-state index is 0.0510. The summed E-state index contributed by atoms with van der Waals surface area (Å²) in [4.78, 5) is 11.0. The highest BCUT2D eigenvalue weighted by Gasteiger charge is 2.36. The van der Waals surface area contributed by atoms with Crippen molar-refractivity contribution in [2.75, 3.05) is 0 Å². The van der Waals surface area contributed by atoms with Crippen LogP contribution in [0.5, 0.6) is 10.9 Å². The number of benzene rings is 1. The van der Waals surface area contributed by atoms with E-state index >= 15 is 0 Å². The van der Waals surface area contributed by atoms with Crippen LogP contribution in [0.1, 0.15) is 20.9 Å². The summed E-state index contributed by atoms with van der Waals surface area (Å²) in [6.45, 7) is 1.58. The molecule has 0 saturated heterocycles. The second-order valence-corrected chi connectivity index (χ2v) is 4.67. The number of hydrogen-bond donors (Lipinski definition) is 1. The van der Waals surface area contributed by atoms with Gasteiger partial charge in [0.25, 0.3) is 5.19 Å². The number of ether oxygens (including phenoxy) is 1. The second kappa shape index (κ2) is 5.08. The molecule has 0 atom stereocenters. The van der Waals surface area contributed by atoms with E-state index in [2.05, 4.69) is 10.2 Å². The molecule has 0 spiro atoms. The van der Waals surface area contributed by atoms with Crippen molar-refractivity contribution >= 4 is 17.3 Å². The summed E-state index contributed by atoms with van der Waals surface area (Å²) in [6.07, 6.45) is -4.61. The molecule has 2 aromatic rings. The number of rotatable bonds is 3. The highest BCUT2D eigenvalue weighted by molar-refractivity contribution is 7.13. The Bertz CT molecular complexity index is 655. The van der Waals surface area contributed by atoms with Crippen molar-refractivity contribution in [1.82, 2.24) is 10.2 Å². The van der Waals surface area contributed by atoms with Crippen LogP contribution in [0.25, 0.3) is 0 Å². The molecule has 106 valence electrons. The van der Waals surface area contributed by atoms with Crippen molar-refractivity contribution in [2.24, 2.45) is 0 Å². The van der Waals surface area contributed by atoms with Gasteiger partial charge < -0.3 is 9.84 Å². The standard InChI is InChI=1S/C11H7F3N2O3S/c1-5-3-2-4-6(8(17)18)7(5)19-10-16-15-9(20-10)11(12,13)14/h2-4H,1H3,(H,17,18). The summed E-state index contributed by atoms with van der Waals surface area (Å²) in [6, 6.07) is 4.37. The third-order valence-corrected chi connectivity index (χ3v) is 3.13. The van der Waals surface area contributed by atoms with Crippen LogP contribution in [0, 0.1) is 6.92 Å². The van der Waals surface area contributed by atoms with Gasteiger partial charge in [-0.15, -0.1) is 5.10 Å². The average molecular weight is 304 g/mol. The van der Waals surface area contributed by atoms with Gasteiger partial charge in [0.1, 0.15) is 11.3 Å². The molecule has 1 aromatic carbocycles. The molecule has 0 fully saturated rings. The van der Waals surface area contributed by atoms with E-state index in [9.17, 15) is 18.0 Å². The van der Waals surface area contributed by atoms with E-state index in [1.807, 2.05) is 0 Å². The Balaban J connectivity index is 2.35. The first-order valence-corrected chi connectivity index (χ1v) is 6.02. The molecule has 0 aliphatic carbocycles. The molecule has 0 radical (unpaired) electrons. The van der Waals surface area contributed by atoms with Crippen molar-refractivity contribution < 1.29 is 27.8 Å². The van der Waals surface area contributed by atoms with Crippen molar-refractivity contribution in [3.05, 3.63) is 34.3 Å². The topological polar surface area (TPSA) is 72.3 Å². The lowest BCUT2D eigenvalue weighted by Gasteiger charge is -2.08. The van der Waals surface area contributed by atoms with E-state index in [4.69, 9.17) is 9.84 Å². The van der Waals surface area contributed by atoms with Crippen molar-refractivity contribution in [3.8, 4) is 10.9 Å². The lowest BCUT2D eigenvalue weighted by molar-refractivity contribution is -0.138. The van der Waals surface area contributed by atoms with Gasteiger partial charge in [-0.2, -0.15) is 13.2 Å². The summed E-state index contributed by atoms with van der Waals surface area (Å²) in [5.74, 6) is -1.30. The zero-order chi connectivity index (χ0) is 14.9. The van der Waals surface area contributed by atoms with E-state index in [1.54, 1.807) is 13.0 Å². The lowest BCUT2D eigenvalue weighted by Crippen LogP contribution is -2.03. The molecule has 9 heteroatoms. The minimum Gasteiger partial charge on any atom is -0.478 e. The fourth-order valence-electron chi connectivity index (χ4n) is 1.41. The first kappa shape index (κ1) is 14.3. The lowest BCUT2D eigenvalue weighted by atomic mass is 10.1. The number of nitrogens with zero attached hydrogens (tertiary/aromatic N) is 2. The number of aryl methyl sites for hydroxylation is 1. The Morgan fingerprint density at radius 2 is 2.05 bits per heavy atom. The van der Waals surface area contributed by atoms with E-state index in [0.717, 1.165) is 0 Å². The number of aromatic nitrogens is 2. The van der Waals surface area contributed by atoms with E-state index in [1.165, 1.54) is 12.1 Å². The number of halogens is 3. The SMILES string of the molecule is Cc1cccc(C(=O)O)c1Oc1nnc(C(F)(F)F)s1. The average Bonchev–Trinajstić information content (AvgIpc) is 2.79. The Hall–Kier alpha value is -2.16.